The zero-order chi connectivity index (χ0) is 14.9. The average molecular weight is 286 g/mol. The van der Waals surface area contributed by atoms with Crippen molar-refractivity contribution in [1.82, 2.24) is 9.88 Å². The first-order valence-corrected chi connectivity index (χ1v) is 7.60. The highest BCUT2D eigenvalue weighted by molar-refractivity contribution is 5.83. The first-order chi connectivity index (χ1) is 10.1. The number of nitrogens with one attached hydrogen (secondary N) is 1. The first-order valence-electron chi connectivity index (χ1n) is 7.60. The molecule has 1 aromatic heterocycles. The number of fused-ring (bicyclic) bond motifs is 1. The van der Waals surface area contributed by atoms with E-state index in [4.69, 9.17) is 0 Å². The standard InChI is InChI=1S/C17H22N2O2/c1-17(21)9-10-19(12-17)16(20)8-4-5-13-11-18-15-7-3-2-6-14(13)15/h2-3,6-7,11,18,21H,4-5,8-10,12H2,1H3. The number of β-amino-alcohol motifs (C(OH)–C–C–N with tert-alkyl or cyclic N) is 1. The summed E-state index contributed by atoms with van der Waals surface area (Å²) in [6, 6.07) is 8.24. The molecule has 4 heteroatoms. The van der Waals surface area contributed by atoms with Crippen LogP contribution < -0.4 is 0 Å². The summed E-state index contributed by atoms with van der Waals surface area (Å²) in [6.45, 7) is 2.95. The van der Waals surface area contributed by atoms with Crippen LogP contribution in [0.1, 0.15) is 31.7 Å². The van der Waals surface area contributed by atoms with Gasteiger partial charge in [-0.15, -0.1) is 0 Å². The van der Waals surface area contributed by atoms with Gasteiger partial charge in [-0.05, 0) is 37.8 Å². The van der Waals surface area contributed by atoms with Crippen molar-refractivity contribution in [2.24, 2.45) is 0 Å². The van der Waals surface area contributed by atoms with Crippen LogP contribution in [0.5, 0.6) is 0 Å². The Hall–Kier alpha value is -1.81. The lowest BCUT2D eigenvalue weighted by atomic mass is 10.1. The Balaban J connectivity index is 1.53. The van der Waals surface area contributed by atoms with Crippen LogP contribution in [-0.2, 0) is 11.2 Å². The molecule has 2 heterocycles. The fraction of sp³-hybridized carbons (Fsp3) is 0.471. The van der Waals surface area contributed by atoms with Gasteiger partial charge in [-0.2, -0.15) is 0 Å². The Morgan fingerprint density at radius 1 is 1.43 bits per heavy atom. The van der Waals surface area contributed by atoms with Crippen molar-refractivity contribution in [3.8, 4) is 0 Å². The number of hydrogen-bond acceptors (Lipinski definition) is 2. The molecule has 1 saturated heterocycles. The molecule has 1 aliphatic heterocycles. The third-order valence-corrected chi connectivity index (χ3v) is 4.32. The van der Waals surface area contributed by atoms with Crippen LogP contribution in [0.25, 0.3) is 10.9 Å². The number of nitrogens with zero attached hydrogens (tertiary/aromatic N) is 1. The molecule has 1 aliphatic rings. The molecular weight excluding hydrogens is 264 g/mol. The molecule has 0 bridgehead atoms. The number of carbonyl (C=O) groups excluding carboxylic acids is 1. The molecule has 0 radical (unpaired) electrons. The summed E-state index contributed by atoms with van der Waals surface area (Å²) in [5.41, 5.74) is 1.72. The lowest BCUT2D eigenvalue weighted by Gasteiger charge is -2.18. The summed E-state index contributed by atoms with van der Waals surface area (Å²) in [6.07, 6.45) is 5.02. The first kappa shape index (κ1) is 14.1. The minimum absolute atomic E-state index is 0.160. The van der Waals surface area contributed by atoms with Crippen molar-refractivity contribution in [3.63, 3.8) is 0 Å². The summed E-state index contributed by atoms with van der Waals surface area (Å²) in [5.74, 6) is 0.160. The van der Waals surface area contributed by atoms with Crippen LogP contribution >= 0.6 is 0 Å². The molecule has 1 amide bonds. The second-order valence-electron chi connectivity index (χ2n) is 6.28. The maximum atomic E-state index is 12.1. The van der Waals surface area contributed by atoms with E-state index in [-0.39, 0.29) is 5.91 Å². The highest BCUT2D eigenvalue weighted by atomic mass is 16.3. The van der Waals surface area contributed by atoms with E-state index in [1.165, 1.54) is 10.9 Å². The zero-order valence-corrected chi connectivity index (χ0v) is 12.4. The molecule has 1 aromatic carbocycles. The minimum atomic E-state index is -0.702. The second-order valence-corrected chi connectivity index (χ2v) is 6.28. The van der Waals surface area contributed by atoms with Gasteiger partial charge in [0, 0.05) is 36.6 Å². The van der Waals surface area contributed by atoms with Crippen molar-refractivity contribution >= 4 is 16.8 Å². The third-order valence-electron chi connectivity index (χ3n) is 4.32. The van der Waals surface area contributed by atoms with Crippen molar-refractivity contribution in [2.75, 3.05) is 13.1 Å². The molecule has 112 valence electrons. The number of para-hydroxylation sites is 1. The summed E-state index contributed by atoms with van der Waals surface area (Å²) in [5, 5.41) is 11.2. The van der Waals surface area contributed by atoms with E-state index in [9.17, 15) is 9.90 Å². The van der Waals surface area contributed by atoms with Gasteiger partial charge in [-0.25, -0.2) is 0 Å². The molecule has 0 saturated carbocycles. The fourth-order valence-electron chi connectivity index (χ4n) is 3.08. The Bertz CT molecular complexity index is 645. The Kier molecular flexibility index (Phi) is 3.72. The molecule has 4 nitrogen and oxygen atoms in total. The summed E-state index contributed by atoms with van der Waals surface area (Å²) < 4.78 is 0. The van der Waals surface area contributed by atoms with Gasteiger partial charge in [0.1, 0.15) is 0 Å². The van der Waals surface area contributed by atoms with Crippen LogP contribution in [-0.4, -0.2) is 39.6 Å². The number of aromatic nitrogens is 1. The summed E-state index contributed by atoms with van der Waals surface area (Å²) >= 11 is 0. The quantitative estimate of drug-likeness (QED) is 0.907. The van der Waals surface area contributed by atoms with Gasteiger partial charge in [0.15, 0.2) is 0 Å². The SMILES string of the molecule is CC1(O)CCN(C(=O)CCCc2c[nH]c3ccccc23)C1. The number of hydrogen-bond donors (Lipinski definition) is 2. The predicted molar refractivity (Wildman–Crippen MR) is 83.1 cm³/mol. The van der Waals surface area contributed by atoms with Crippen molar-refractivity contribution < 1.29 is 9.90 Å². The third kappa shape index (κ3) is 3.10. The van der Waals surface area contributed by atoms with Crippen LogP contribution in [0.2, 0.25) is 0 Å². The highest BCUT2D eigenvalue weighted by Crippen LogP contribution is 2.22. The van der Waals surface area contributed by atoms with Gasteiger partial charge in [0.2, 0.25) is 5.91 Å². The molecule has 21 heavy (non-hydrogen) atoms. The number of aryl methyl sites for hydroxylation is 1. The number of benzene rings is 1. The van der Waals surface area contributed by atoms with E-state index in [0.717, 1.165) is 18.4 Å². The average Bonchev–Trinajstić information content (AvgIpc) is 3.03. The maximum Gasteiger partial charge on any atom is 0.222 e. The van der Waals surface area contributed by atoms with Gasteiger partial charge in [-0.3, -0.25) is 4.79 Å². The molecule has 2 N–H and O–H groups in total. The molecule has 1 unspecified atom stereocenters. The van der Waals surface area contributed by atoms with E-state index < -0.39 is 5.60 Å². The number of H-pyrrole nitrogens is 1. The number of amides is 1. The molecule has 0 aliphatic carbocycles. The Labute approximate surface area is 124 Å². The van der Waals surface area contributed by atoms with E-state index >= 15 is 0 Å². The van der Waals surface area contributed by atoms with Gasteiger partial charge in [0.25, 0.3) is 0 Å². The lowest BCUT2D eigenvalue weighted by Crippen LogP contribution is -2.33. The van der Waals surface area contributed by atoms with E-state index in [1.807, 2.05) is 18.3 Å². The van der Waals surface area contributed by atoms with Crippen molar-refractivity contribution in [2.45, 2.75) is 38.2 Å². The fourth-order valence-corrected chi connectivity index (χ4v) is 3.08. The van der Waals surface area contributed by atoms with E-state index in [0.29, 0.717) is 25.9 Å². The molecule has 0 spiro atoms. The monoisotopic (exact) mass is 286 g/mol. The van der Waals surface area contributed by atoms with E-state index in [2.05, 4.69) is 17.1 Å². The van der Waals surface area contributed by atoms with Crippen LogP contribution in [0.4, 0.5) is 0 Å². The smallest absolute Gasteiger partial charge is 0.222 e. The Morgan fingerprint density at radius 2 is 2.24 bits per heavy atom. The summed E-state index contributed by atoms with van der Waals surface area (Å²) in [4.78, 5) is 17.2. The number of likely N-dealkylation sites (tertiary alicyclic amines) is 1. The number of carbonyl (C=O) groups is 1. The number of rotatable bonds is 4. The van der Waals surface area contributed by atoms with Crippen molar-refractivity contribution in [1.29, 1.82) is 0 Å². The molecular formula is C17H22N2O2. The Morgan fingerprint density at radius 3 is 3.00 bits per heavy atom. The molecule has 3 rings (SSSR count). The largest absolute Gasteiger partial charge is 0.388 e. The highest BCUT2D eigenvalue weighted by Gasteiger charge is 2.33. The normalized spacial score (nSPS) is 22.1. The van der Waals surface area contributed by atoms with Crippen LogP contribution in [0, 0.1) is 0 Å². The second kappa shape index (κ2) is 5.53. The van der Waals surface area contributed by atoms with Crippen LogP contribution in [0.15, 0.2) is 30.5 Å². The topological polar surface area (TPSA) is 56.3 Å². The maximum absolute atomic E-state index is 12.1. The van der Waals surface area contributed by atoms with E-state index in [1.54, 1.807) is 11.8 Å². The van der Waals surface area contributed by atoms with Gasteiger partial charge in [0.05, 0.1) is 5.60 Å². The molecule has 1 fully saturated rings. The predicted octanol–water partition coefficient (Wildman–Crippen LogP) is 2.47. The molecule has 2 aromatic rings. The zero-order valence-electron chi connectivity index (χ0n) is 12.4. The minimum Gasteiger partial charge on any atom is -0.388 e. The van der Waals surface area contributed by atoms with Gasteiger partial charge < -0.3 is 15.0 Å². The number of aliphatic hydroxyl groups is 1. The lowest BCUT2D eigenvalue weighted by molar-refractivity contribution is -0.131. The van der Waals surface area contributed by atoms with Crippen LogP contribution in [0.3, 0.4) is 0 Å². The molecule has 1 atom stereocenters. The van der Waals surface area contributed by atoms with Gasteiger partial charge >= 0.3 is 0 Å². The van der Waals surface area contributed by atoms with Gasteiger partial charge in [-0.1, -0.05) is 18.2 Å². The summed E-state index contributed by atoms with van der Waals surface area (Å²) in [7, 11) is 0. The van der Waals surface area contributed by atoms with Crippen molar-refractivity contribution in [3.05, 3.63) is 36.0 Å². The number of aromatic amines is 1.